The number of benzene rings is 1. The van der Waals surface area contributed by atoms with E-state index in [0.29, 0.717) is 12.7 Å². The van der Waals surface area contributed by atoms with Crippen molar-refractivity contribution in [1.29, 1.82) is 0 Å². The Balaban J connectivity index is 1.44. The van der Waals surface area contributed by atoms with Gasteiger partial charge in [0, 0.05) is 30.6 Å². The van der Waals surface area contributed by atoms with Crippen molar-refractivity contribution < 1.29 is 9.47 Å². The van der Waals surface area contributed by atoms with Gasteiger partial charge in [-0.05, 0) is 30.4 Å². The van der Waals surface area contributed by atoms with Crippen LogP contribution >= 0.6 is 11.5 Å². The summed E-state index contributed by atoms with van der Waals surface area (Å²) in [6.45, 7) is 3.61. The summed E-state index contributed by atoms with van der Waals surface area (Å²) in [5.74, 6) is 0.899. The lowest BCUT2D eigenvalue weighted by Gasteiger charge is -2.31. The van der Waals surface area contributed by atoms with Crippen molar-refractivity contribution in [3.63, 3.8) is 0 Å². The maximum Gasteiger partial charge on any atom is 0.124 e. The summed E-state index contributed by atoms with van der Waals surface area (Å²) in [6, 6.07) is 8.03. The van der Waals surface area contributed by atoms with Crippen molar-refractivity contribution in [2.75, 3.05) is 20.2 Å². The predicted molar refractivity (Wildman–Crippen MR) is 86.0 cm³/mol. The van der Waals surface area contributed by atoms with Crippen LogP contribution in [0.5, 0.6) is 5.75 Å². The highest BCUT2D eigenvalue weighted by Gasteiger charge is 2.20. The summed E-state index contributed by atoms with van der Waals surface area (Å²) in [5, 5.41) is 6.12. The third-order valence-corrected chi connectivity index (χ3v) is 4.55. The molecule has 6 heteroatoms. The van der Waals surface area contributed by atoms with Crippen LogP contribution < -0.4 is 4.74 Å². The second-order valence-electron chi connectivity index (χ2n) is 5.49. The summed E-state index contributed by atoms with van der Waals surface area (Å²) >= 11 is 1.41. The van der Waals surface area contributed by atoms with Gasteiger partial charge < -0.3 is 9.47 Å². The fourth-order valence-electron chi connectivity index (χ4n) is 2.75. The van der Waals surface area contributed by atoms with Crippen LogP contribution in [0.25, 0.3) is 0 Å². The zero-order valence-corrected chi connectivity index (χ0v) is 13.6. The van der Waals surface area contributed by atoms with Crippen LogP contribution in [0.2, 0.25) is 0 Å². The molecule has 1 aliphatic rings. The van der Waals surface area contributed by atoms with Gasteiger partial charge in [0.1, 0.15) is 5.75 Å². The molecule has 5 nitrogen and oxygen atoms in total. The van der Waals surface area contributed by atoms with Crippen LogP contribution in [0.3, 0.4) is 0 Å². The van der Waals surface area contributed by atoms with Crippen molar-refractivity contribution in [2.24, 2.45) is 0 Å². The van der Waals surface area contributed by atoms with Crippen molar-refractivity contribution in [1.82, 2.24) is 14.5 Å². The number of hydrogen-bond acceptors (Lipinski definition) is 6. The van der Waals surface area contributed by atoms with Gasteiger partial charge in [-0.15, -0.1) is 5.10 Å². The lowest BCUT2D eigenvalue weighted by atomic mass is 10.1. The second kappa shape index (κ2) is 7.67. The van der Waals surface area contributed by atoms with Gasteiger partial charge in [-0.2, -0.15) is 0 Å². The van der Waals surface area contributed by atoms with E-state index < -0.39 is 0 Å². The molecule has 0 atom stereocenters. The number of nitrogens with zero attached hydrogens (tertiary/aromatic N) is 3. The number of ether oxygens (including phenoxy) is 2. The van der Waals surface area contributed by atoms with Gasteiger partial charge in [-0.1, -0.05) is 22.7 Å². The Morgan fingerprint density at radius 2 is 2.09 bits per heavy atom. The zero-order valence-electron chi connectivity index (χ0n) is 12.8. The van der Waals surface area contributed by atoms with Gasteiger partial charge >= 0.3 is 0 Å². The number of piperidine rings is 1. The van der Waals surface area contributed by atoms with Crippen molar-refractivity contribution >= 4 is 11.5 Å². The Morgan fingerprint density at radius 1 is 1.27 bits per heavy atom. The Morgan fingerprint density at radius 3 is 2.82 bits per heavy atom. The maximum atomic E-state index is 6.06. The molecular formula is C16H21N3O2S. The number of para-hydroxylation sites is 1. The fraction of sp³-hybridized carbons (Fsp3) is 0.500. The Hall–Kier alpha value is -1.50. The van der Waals surface area contributed by atoms with E-state index in [1.807, 2.05) is 23.6 Å². The normalized spacial score (nSPS) is 16.8. The first-order valence-corrected chi connectivity index (χ1v) is 8.40. The molecule has 3 rings (SSSR count). The van der Waals surface area contributed by atoms with Gasteiger partial charge in [-0.3, -0.25) is 4.90 Å². The van der Waals surface area contributed by atoms with Crippen LogP contribution in [-0.2, 0) is 17.9 Å². The van der Waals surface area contributed by atoms with Crippen molar-refractivity contribution in [3.8, 4) is 5.75 Å². The molecule has 0 saturated carbocycles. The van der Waals surface area contributed by atoms with Gasteiger partial charge in [0.15, 0.2) is 0 Å². The number of hydrogen-bond donors (Lipinski definition) is 0. The quantitative estimate of drug-likeness (QED) is 0.819. The molecule has 0 amide bonds. The molecule has 0 N–H and O–H groups in total. The van der Waals surface area contributed by atoms with Crippen LogP contribution in [0, 0.1) is 0 Å². The van der Waals surface area contributed by atoms with Crippen LogP contribution in [-0.4, -0.2) is 40.8 Å². The number of aromatic nitrogens is 2. The highest BCUT2D eigenvalue weighted by atomic mass is 32.1. The summed E-state index contributed by atoms with van der Waals surface area (Å²) in [5.41, 5.74) is 2.18. The SMILES string of the molecule is COc1ccccc1COC1CCN(Cc2csnn2)CC1. The van der Waals surface area contributed by atoms with Crippen molar-refractivity contribution in [2.45, 2.75) is 32.1 Å². The van der Waals surface area contributed by atoms with E-state index in [4.69, 9.17) is 9.47 Å². The number of rotatable bonds is 6. The van der Waals surface area contributed by atoms with Crippen LogP contribution in [0.1, 0.15) is 24.1 Å². The summed E-state index contributed by atoms with van der Waals surface area (Å²) in [6.07, 6.45) is 2.45. The van der Waals surface area contributed by atoms with E-state index in [-0.39, 0.29) is 0 Å². The number of methoxy groups -OCH3 is 1. The minimum atomic E-state index is 0.328. The van der Waals surface area contributed by atoms with Crippen molar-refractivity contribution in [3.05, 3.63) is 40.9 Å². The van der Waals surface area contributed by atoms with E-state index in [9.17, 15) is 0 Å². The smallest absolute Gasteiger partial charge is 0.124 e. The first kappa shape index (κ1) is 15.4. The summed E-state index contributed by atoms with van der Waals surface area (Å²) < 4.78 is 15.3. The molecule has 0 aliphatic carbocycles. The van der Waals surface area contributed by atoms with E-state index in [1.165, 1.54) is 11.5 Å². The highest BCUT2D eigenvalue weighted by Crippen LogP contribution is 2.21. The fourth-order valence-corrected chi connectivity index (χ4v) is 3.19. The molecule has 1 saturated heterocycles. The summed E-state index contributed by atoms with van der Waals surface area (Å²) in [4.78, 5) is 2.42. The standard InChI is InChI=1S/C16H21N3O2S/c1-20-16-5-3-2-4-13(16)11-21-15-6-8-19(9-7-15)10-14-12-22-18-17-14/h2-5,12,15H,6-11H2,1H3. The first-order chi connectivity index (χ1) is 10.8. The highest BCUT2D eigenvalue weighted by molar-refractivity contribution is 7.03. The van der Waals surface area contributed by atoms with E-state index in [1.54, 1.807) is 7.11 Å². The molecule has 0 spiro atoms. The Bertz CT molecular complexity index is 569. The first-order valence-electron chi connectivity index (χ1n) is 7.57. The van der Waals surface area contributed by atoms with E-state index >= 15 is 0 Å². The molecule has 0 bridgehead atoms. The third-order valence-electron chi connectivity index (χ3n) is 3.99. The third kappa shape index (κ3) is 4.03. The Kier molecular flexibility index (Phi) is 5.37. The number of likely N-dealkylation sites (tertiary alicyclic amines) is 1. The molecule has 118 valence electrons. The Labute approximate surface area is 135 Å². The van der Waals surface area contributed by atoms with E-state index in [2.05, 4.69) is 20.6 Å². The molecular weight excluding hydrogens is 298 g/mol. The van der Waals surface area contributed by atoms with Gasteiger partial charge in [-0.25, -0.2) is 0 Å². The monoisotopic (exact) mass is 319 g/mol. The molecule has 1 fully saturated rings. The van der Waals surface area contributed by atoms with E-state index in [0.717, 1.165) is 49.5 Å². The minimum Gasteiger partial charge on any atom is -0.496 e. The molecule has 2 aromatic rings. The largest absolute Gasteiger partial charge is 0.496 e. The maximum absolute atomic E-state index is 6.06. The topological polar surface area (TPSA) is 47.5 Å². The van der Waals surface area contributed by atoms with Crippen LogP contribution in [0.15, 0.2) is 29.6 Å². The predicted octanol–water partition coefficient (Wildman–Crippen LogP) is 2.73. The molecule has 0 radical (unpaired) electrons. The molecule has 1 aliphatic heterocycles. The van der Waals surface area contributed by atoms with Gasteiger partial charge in [0.2, 0.25) is 0 Å². The van der Waals surface area contributed by atoms with Gasteiger partial charge in [0.05, 0.1) is 25.5 Å². The molecule has 2 heterocycles. The second-order valence-corrected chi connectivity index (χ2v) is 6.10. The lowest BCUT2D eigenvalue weighted by Crippen LogP contribution is -2.36. The lowest BCUT2D eigenvalue weighted by molar-refractivity contribution is -0.00476. The average molecular weight is 319 g/mol. The summed E-state index contributed by atoms with van der Waals surface area (Å²) in [7, 11) is 1.70. The minimum absolute atomic E-state index is 0.328. The average Bonchev–Trinajstić information content (AvgIpc) is 3.07. The molecule has 1 aromatic carbocycles. The molecule has 1 aromatic heterocycles. The molecule has 22 heavy (non-hydrogen) atoms. The zero-order chi connectivity index (χ0) is 15.2. The molecule has 0 unspecified atom stereocenters. The van der Waals surface area contributed by atoms with Crippen LogP contribution in [0.4, 0.5) is 0 Å². The van der Waals surface area contributed by atoms with Gasteiger partial charge in [0.25, 0.3) is 0 Å².